The minimum absolute atomic E-state index is 0.311. The molecule has 6 heteroatoms. The molecule has 1 saturated heterocycles. The van der Waals surface area contributed by atoms with E-state index < -0.39 is 6.10 Å². The van der Waals surface area contributed by atoms with Crippen LogP contribution in [0.2, 0.25) is 0 Å². The Morgan fingerprint density at radius 1 is 1.36 bits per heavy atom. The van der Waals surface area contributed by atoms with Crippen molar-refractivity contribution in [2.24, 2.45) is 0 Å². The largest absolute Gasteiger partial charge is 0.387 e. The molecule has 2 heterocycles. The molecule has 118 valence electrons. The lowest BCUT2D eigenvalue weighted by Gasteiger charge is -2.36. The standard InChI is InChI=1S/C16H21FN4O/c17-14-5-3-4-13(8-14)16(22)10-20-7-2-1-6-15(20)9-21-12-18-11-19-21/h3-5,8,11-12,15-16,22H,1-2,6-7,9-10H2. The summed E-state index contributed by atoms with van der Waals surface area (Å²) in [5.41, 5.74) is 0.630. The van der Waals surface area contributed by atoms with Gasteiger partial charge in [0.15, 0.2) is 0 Å². The van der Waals surface area contributed by atoms with Crippen molar-refractivity contribution in [3.8, 4) is 0 Å². The summed E-state index contributed by atoms with van der Waals surface area (Å²) in [5, 5.41) is 14.6. The summed E-state index contributed by atoms with van der Waals surface area (Å²) in [6, 6.07) is 6.53. The highest BCUT2D eigenvalue weighted by Crippen LogP contribution is 2.23. The number of piperidine rings is 1. The highest BCUT2D eigenvalue weighted by molar-refractivity contribution is 5.19. The van der Waals surface area contributed by atoms with Gasteiger partial charge in [-0.15, -0.1) is 0 Å². The lowest BCUT2D eigenvalue weighted by molar-refractivity contribution is 0.0589. The number of hydrogen-bond acceptors (Lipinski definition) is 4. The van der Waals surface area contributed by atoms with Crippen molar-refractivity contribution in [1.29, 1.82) is 0 Å². The van der Waals surface area contributed by atoms with Crippen LogP contribution in [0.5, 0.6) is 0 Å². The molecule has 0 aliphatic carbocycles. The third kappa shape index (κ3) is 3.69. The number of aromatic nitrogens is 3. The number of rotatable bonds is 5. The fourth-order valence-electron chi connectivity index (χ4n) is 3.09. The Morgan fingerprint density at radius 2 is 2.27 bits per heavy atom. The maximum absolute atomic E-state index is 13.3. The predicted molar refractivity (Wildman–Crippen MR) is 80.6 cm³/mol. The van der Waals surface area contributed by atoms with Gasteiger partial charge >= 0.3 is 0 Å². The Balaban J connectivity index is 1.65. The SMILES string of the molecule is OC(CN1CCCCC1Cn1cncn1)c1cccc(F)c1. The van der Waals surface area contributed by atoms with Crippen molar-refractivity contribution in [2.45, 2.75) is 38.0 Å². The normalized spacial score (nSPS) is 20.9. The third-order valence-electron chi connectivity index (χ3n) is 4.25. The first-order valence-corrected chi connectivity index (χ1v) is 7.72. The van der Waals surface area contributed by atoms with Crippen molar-refractivity contribution in [3.05, 3.63) is 48.3 Å². The minimum Gasteiger partial charge on any atom is -0.387 e. The van der Waals surface area contributed by atoms with Crippen LogP contribution in [0.25, 0.3) is 0 Å². The fourth-order valence-corrected chi connectivity index (χ4v) is 3.09. The Labute approximate surface area is 129 Å². The van der Waals surface area contributed by atoms with E-state index in [4.69, 9.17) is 0 Å². The van der Waals surface area contributed by atoms with Crippen LogP contribution in [0.1, 0.15) is 30.9 Å². The molecular formula is C16H21FN4O. The second-order valence-corrected chi connectivity index (χ2v) is 5.83. The number of β-amino-alcohol motifs (C(OH)–C–C–N with tert-alkyl or cyclic N) is 1. The zero-order valence-electron chi connectivity index (χ0n) is 12.5. The lowest BCUT2D eigenvalue weighted by atomic mass is 10.00. The fraction of sp³-hybridized carbons (Fsp3) is 0.500. The molecule has 1 N–H and O–H groups in total. The van der Waals surface area contributed by atoms with Gasteiger partial charge < -0.3 is 5.11 Å². The van der Waals surface area contributed by atoms with Crippen LogP contribution in [-0.2, 0) is 6.54 Å². The predicted octanol–water partition coefficient (Wildman–Crippen LogP) is 2.01. The van der Waals surface area contributed by atoms with Gasteiger partial charge in [0.2, 0.25) is 0 Å². The smallest absolute Gasteiger partial charge is 0.137 e. The monoisotopic (exact) mass is 304 g/mol. The molecule has 1 aliphatic rings. The van der Waals surface area contributed by atoms with E-state index >= 15 is 0 Å². The van der Waals surface area contributed by atoms with Crippen LogP contribution in [0, 0.1) is 5.82 Å². The average Bonchev–Trinajstić information content (AvgIpc) is 3.02. The van der Waals surface area contributed by atoms with Crippen LogP contribution < -0.4 is 0 Å². The van der Waals surface area contributed by atoms with Crippen molar-refractivity contribution in [3.63, 3.8) is 0 Å². The van der Waals surface area contributed by atoms with Gasteiger partial charge in [-0.3, -0.25) is 9.58 Å². The van der Waals surface area contributed by atoms with E-state index in [-0.39, 0.29) is 5.82 Å². The summed E-state index contributed by atoms with van der Waals surface area (Å²) in [6.45, 7) is 2.24. The van der Waals surface area contributed by atoms with Crippen LogP contribution in [-0.4, -0.2) is 43.9 Å². The Hall–Kier alpha value is -1.79. The Bertz CT molecular complexity index is 590. The molecule has 0 spiro atoms. The van der Waals surface area contributed by atoms with E-state index in [1.165, 1.54) is 24.9 Å². The maximum Gasteiger partial charge on any atom is 0.137 e. The number of likely N-dealkylation sites (tertiary alicyclic amines) is 1. The molecule has 2 atom stereocenters. The molecule has 1 fully saturated rings. The Morgan fingerprint density at radius 3 is 3.05 bits per heavy atom. The Kier molecular flexibility index (Phi) is 4.80. The van der Waals surface area contributed by atoms with Crippen LogP contribution in [0.4, 0.5) is 4.39 Å². The number of aliphatic hydroxyl groups is 1. The number of nitrogens with zero attached hydrogens (tertiary/aromatic N) is 4. The van der Waals surface area contributed by atoms with E-state index in [2.05, 4.69) is 15.0 Å². The summed E-state index contributed by atoms with van der Waals surface area (Å²) < 4.78 is 15.1. The van der Waals surface area contributed by atoms with Crippen molar-refractivity contribution in [1.82, 2.24) is 19.7 Å². The maximum atomic E-state index is 13.3. The first-order valence-electron chi connectivity index (χ1n) is 7.72. The van der Waals surface area contributed by atoms with Gasteiger partial charge in [0.1, 0.15) is 18.5 Å². The lowest BCUT2D eigenvalue weighted by Crippen LogP contribution is -2.44. The molecule has 0 radical (unpaired) electrons. The highest BCUT2D eigenvalue weighted by Gasteiger charge is 2.25. The molecule has 5 nitrogen and oxygen atoms in total. The van der Waals surface area contributed by atoms with Crippen LogP contribution >= 0.6 is 0 Å². The molecule has 2 unspecified atom stereocenters. The molecule has 0 bridgehead atoms. The van der Waals surface area contributed by atoms with E-state index in [0.717, 1.165) is 25.9 Å². The average molecular weight is 304 g/mol. The number of halogens is 1. The number of aliphatic hydroxyl groups excluding tert-OH is 1. The molecule has 0 amide bonds. The van der Waals surface area contributed by atoms with Crippen molar-refractivity contribution >= 4 is 0 Å². The molecule has 2 aromatic rings. The van der Waals surface area contributed by atoms with Gasteiger partial charge in [0, 0.05) is 12.6 Å². The molecule has 3 rings (SSSR count). The molecule has 0 saturated carbocycles. The number of benzene rings is 1. The molecular weight excluding hydrogens is 283 g/mol. The van der Waals surface area contributed by atoms with E-state index in [1.807, 2.05) is 4.68 Å². The molecule has 1 aromatic carbocycles. The summed E-state index contributed by atoms with van der Waals surface area (Å²) in [7, 11) is 0. The van der Waals surface area contributed by atoms with Gasteiger partial charge in [0.25, 0.3) is 0 Å². The van der Waals surface area contributed by atoms with Gasteiger partial charge in [-0.1, -0.05) is 18.6 Å². The summed E-state index contributed by atoms with van der Waals surface area (Å²) in [5.74, 6) is -0.311. The molecule has 1 aliphatic heterocycles. The minimum atomic E-state index is -0.674. The zero-order valence-corrected chi connectivity index (χ0v) is 12.5. The van der Waals surface area contributed by atoms with Crippen LogP contribution in [0.3, 0.4) is 0 Å². The van der Waals surface area contributed by atoms with Gasteiger partial charge in [-0.2, -0.15) is 5.10 Å². The summed E-state index contributed by atoms with van der Waals surface area (Å²) in [4.78, 5) is 6.25. The van der Waals surface area contributed by atoms with Crippen molar-refractivity contribution < 1.29 is 9.50 Å². The molecule has 22 heavy (non-hydrogen) atoms. The van der Waals surface area contributed by atoms with Crippen LogP contribution in [0.15, 0.2) is 36.9 Å². The van der Waals surface area contributed by atoms with E-state index in [1.54, 1.807) is 18.5 Å². The second kappa shape index (κ2) is 6.98. The van der Waals surface area contributed by atoms with Gasteiger partial charge in [0.05, 0.1) is 12.6 Å². The van der Waals surface area contributed by atoms with E-state index in [0.29, 0.717) is 18.2 Å². The summed E-state index contributed by atoms with van der Waals surface area (Å²) in [6.07, 6.45) is 5.97. The molecule has 1 aromatic heterocycles. The first-order chi connectivity index (χ1) is 10.7. The van der Waals surface area contributed by atoms with Crippen molar-refractivity contribution in [2.75, 3.05) is 13.1 Å². The summed E-state index contributed by atoms with van der Waals surface area (Å²) >= 11 is 0. The van der Waals surface area contributed by atoms with Gasteiger partial charge in [-0.25, -0.2) is 9.37 Å². The first kappa shape index (κ1) is 15.1. The number of hydrogen-bond donors (Lipinski definition) is 1. The quantitative estimate of drug-likeness (QED) is 0.918. The van der Waals surface area contributed by atoms with E-state index in [9.17, 15) is 9.50 Å². The highest BCUT2D eigenvalue weighted by atomic mass is 19.1. The second-order valence-electron chi connectivity index (χ2n) is 5.83. The zero-order chi connectivity index (χ0) is 15.4. The third-order valence-corrected chi connectivity index (χ3v) is 4.25. The topological polar surface area (TPSA) is 54.2 Å². The van der Waals surface area contributed by atoms with Gasteiger partial charge in [-0.05, 0) is 37.1 Å².